The van der Waals surface area contributed by atoms with Crippen molar-refractivity contribution >= 4 is 13.7 Å². The number of amides is 1. The first kappa shape index (κ1) is 45.5. The smallest absolute Gasteiger partial charge is 0.387 e. The number of allylic oxidation sites excluding steroid dienone is 7. The maximum absolute atomic E-state index is 12.7. The van der Waals surface area contributed by atoms with Gasteiger partial charge in [-0.1, -0.05) is 120 Å². The Morgan fingerprint density at radius 1 is 0.723 bits per heavy atom. The van der Waals surface area contributed by atoms with Gasteiger partial charge in [-0.15, -0.1) is 0 Å². The van der Waals surface area contributed by atoms with Crippen LogP contribution in [0.1, 0.15) is 136 Å². The van der Waals surface area contributed by atoms with Crippen molar-refractivity contribution in [1.82, 2.24) is 5.32 Å². The summed E-state index contributed by atoms with van der Waals surface area (Å²) in [7, 11) is 1.54. The Morgan fingerprint density at radius 2 is 1.26 bits per heavy atom. The zero-order valence-electron chi connectivity index (χ0n) is 30.8. The Kier molecular flexibility index (Phi) is 29.5. The predicted molar refractivity (Wildman–Crippen MR) is 198 cm³/mol. The average Bonchev–Trinajstić information content (AvgIpc) is 3.01. The maximum Gasteiger partial charge on any atom is 0.472 e. The monoisotopic (exact) mass is 684 g/mol. The Morgan fingerprint density at radius 3 is 1.89 bits per heavy atom. The van der Waals surface area contributed by atoms with Gasteiger partial charge in [0.15, 0.2) is 0 Å². The van der Waals surface area contributed by atoms with Gasteiger partial charge in [-0.3, -0.25) is 13.8 Å². The van der Waals surface area contributed by atoms with Gasteiger partial charge in [0, 0.05) is 6.42 Å². The molecule has 0 heterocycles. The Balaban J connectivity index is 4.47. The zero-order valence-corrected chi connectivity index (χ0v) is 31.6. The Hall–Kier alpha value is -1.54. The average molecular weight is 684 g/mol. The van der Waals surface area contributed by atoms with Crippen molar-refractivity contribution in [3.05, 3.63) is 48.6 Å². The summed E-state index contributed by atoms with van der Waals surface area (Å²) in [6.07, 6.45) is 36.2. The molecule has 0 spiro atoms. The lowest BCUT2D eigenvalue weighted by molar-refractivity contribution is -0.870. The number of phosphoric acid groups is 1. The van der Waals surface area contributed by atoms with E-state index in [9.17, 15) is 19.4 Å². The van der Waals surface area contributed by atoms with Crippen LogP contribution in [0, 0.1) is 0 Å². The van der Waals surface area contributed by atoms with Crippen LogP contribution in [0.4, 0.5) is 0 Å². The first-order chi connectivity index (χ1) is 22.5. The second-order valence-corrected chi connectivity index (χ2v) is 15.0. The zero-order chi connectivity index (χ0) is 35.1. The topological polar surface area (TPSA) is 105 Å². The number of hydrogen-bond donors (Lipinski definition) is 3. The van der Waals surface area contributed by atoms with Crippen molar-refractivity contribution in [2.75, 3.05) is 40.9 Å². The molecule has 0 radical (unpaired) electrons. The molecule has 0 aromatic rings. The van der Waals surface area contributed by atoms with E-state index in [1.807, 2.05) is 27.2 Å². The molecule has 1 amide bonds. The van der Waals surface area contributed by atoms with Crippen molar-refractivity contribution in [1.29, 1.82) is 0 Å². The van der Waals surface area contributed by atoms with E-state index in [1.165, 1.54) is 64.2 Å². The fourth-order valence-corrected chi connectivity index (χ4v) is 5.45. The standard InChI is InChI=1S/C38H71N2O6P/c1-6-8-10-12-14-16-17-18-19-20-21-22-23-24-26-28-30-32-38(42)39-36(35-46-47(43,44)45-34-33-40(3,4)5)37(41)31-29-27-25-15-13-11-9-7-2/h13-16,18-19,29,31,36-37,41H,6-12,17,20-28,30,32-35H2,1-5H3,(H-,39,42,43,44)/p+1/b15-13+,16-14-,19-18-,31-29+. The lowest BCUT2D eigenvalue weighted by atomic mass is 10.1. The minimum absolute atomic E-state index is 0.0523. The number of quaternary nitrogens is 1. The highest BCUT2D eigenvalue weighted by Crippen LogP contribution is 2.43. The number of phosphoric ester groups is 1. The number of likely N-dealkylation sites (N-methyl/N-ethyl adjacent to an activating group) is 1. The summed E-state index contributed by atoms with van der Waals surface area (Å²) in [5, 5.41) is 13.6. The van der Waals surface area contributed by atoms with Gasteiger partial charge in [0.25, 0.3) is 0 Å². The molecule has 0 aliphatic carbocycles. The van der Waals surface area contributed by atoms with E-state index in [0.717, 1.165) is 51.4 Å². The molecule has 8 nitrogen and oxygen atoms in total. The fourth-order valence-electron chi connectivity index (χ4n) is 4.72. The minimum atomic E-state index is -4.33. The number of aliphatic hydroxyl groups is 1. The minimum Gasteiger partial charge on any atom is -0.387 e. The molecule has 274 valence electrons. The van der Waals surface area contributed by atoms with Crippen LogP contribution in [0.2, 0.25) is 0 Å². The number of nitrogens with zero attached hydrogens (tertiary/aromatic N) is 1. The van der Waals surface area contributed by atoms with Gasteiger partial charge < -0.3 is 19.8 Å². The van der Waals surface area contributed by atoms with Crippen molar-refractivity contribution in [3.63, 3.8) is 0 Å². The number of carbonyl (C=O) groups is 1. The molecule has 3 unspecified atom stereocenters. The molecule has 0 fully saturated rings. The summed E-state index contributed by atoms with van der Waals surface area (Å²) < 4.78 is 23.3. The van der Waals surface area contributed by atoms with Crippen LogP contribution in [0.3, 0.4) is 0 Å². The van der Waals surface area contributed by atoms with Crippen molar-refractivity contribution in [3.8, 4) is 0 Å². The van der Waals surface area contributed by atoms with Crippen LogP contribution in [0.15, 0.2) is 48.6 Å². The molecule has 0 aliphatic heterocycles. The molecular formula is C38H72N2O6P+. The third-order valence-corrected chi connectivity index (χ3v) is 8.76. The molecule has 3 atom stereocenters. The van der Waals surface area contributed by atoms with Crippen LogP contribution in [-0.2, 0) is 18.4 Å². The van der Waals surface area contributed by atoms with E-state index >= 15 is 0 Å². The first-order valence-corrected chi connectivity index (χ1v) is 20.0. The lowest BCUT2D eigenvalue weighted by Gasteiger charge is -2.25. The normalized spacial score (nSPS) is 15.3. The fraction of sp³-hybridized carbons (Fsp3) is 0.763. The number of nitrogens with one attached hydrogen (secondary N) is 1. The van der Waals surface area contributed by atoms with E-state index in [2.05, 4.69) is 55.6 Å². The highest BCUT2D eigenvalue weighted by atomic mass is 31.2. The SMILES string of the molecule is CCCC/C=C/CC/C=C/C(O)C(COP(=O)(O)OCC[N+](C)(C)C)NC(=O)CCCCCCCCC/C=C\C/C=C\CCCCC. The van der Waals surface area contributed by atoms with E-state index in [1.54, 1.807) is 6.08 Å². The number of carbonyl (C=O) groups excluding carboxylic acids is 1. The summed E-state index contributed by atoms with van der Waals surface area (Å²) in [5.41, 5.74) is 0. The second kappa shape index (κ2) is 30.5. The van der Waals surface area contributed by atoms with Crippen LogP contribution in [0.5, 0.6) is 0 Å². The van der Waals surface area contributed by atoms with Crippen LogP contribution >= 0.6 is 7.82 Å². The number of unbranched alkanes of at least 4 members (excludes halogenated alkanes) is 13. The quantitative estimate of drug-likeness (QED) is 0.0283. The van der Waals surface area contributed by atoms with Gasteiger partial charge >= 0.3 is 7.82 Å². The number of hydrogen-bond acceptors (Lipinski definition) is 5. The molecular weight excluding hydrogens is 611 g/mol. The molecule has 3 N–H and O–H groups in total. The van der Waals surface area contributed by atoms with Gasteiger partial charge in [-0.2, -0.15) is 0 Å². The summed E-state index contributed by atoms with van der Waals surface area (Å²) in [4.78, 5) is 22.9. The molecule has 0 saturated heterocycles. The van der Waals surface area contributed by atoms with Crippen molar-refractivity contribution in [2.45, 2.75) is 148 Å². The summed E-state index contributed by atoms with van der Waals surface area (Å²) in [6, 6.07) is -0.864. The van der Waals surface area contributed by atoms with Crippen LogP contribution in [-0.4, -0.2) is 73.4 Å². The summed E-state index contributed by atoms with van der Waals surface area (Å²) >= 11 is 0. The number of rotatable bonds is 32. The van der Waals surface area contributed by atoms with Gasteiger partial charge in [0.2, 0.25) is 5.91 Å². The van der Waals surface area contributed by atoms with E-state index in [4.69, 9.17) is 9.05 Å². The molecule has 0 rings (SSSR count). The van der Waals surface area contributed by atoms with Gasteiger partial charge in [0.1, 0.15) is 13.2 Å². The largest absolute Gasteiger partial charge is 0.472 e. The highest BCUT2D eigenvalue weighted by Gasteiger charge is 2.27. The Bertz CT molecular complexity index is 912. The predicted octanol–water partition coefficient (Wildman–Crippen LogP) is 9.35. The third kappa shape index (κ3) is 32.8. The van der Waals surface area contributed by atoms with Crippen LogP contribution < -0.4 is 5.32 Å². The summed E-state index contributed by atoms with van der Waals surface area (Å²) in [6.45, 7) is 4.65. The van der Waals surface area contributed by atoms with Gasteiger partial charge in [0.05, 0.1) is 39.9 Å². The first-order valence-electron chi connectivity index (χ1n) is 18.5. The highest BCUT2D eigenvalue weighted by molar-refractivity contribution is 7.47. The molecule has 0 saturated carbocycles. The van der Waals surface area contributed by atoms with Crippen molar-refractivity contribution < 1.29 is 32.9 Å². The number of aliphatic hydroxyl groups excluding tert-OH is 1. The Labute approximate surface area is 289 Å². The van der Waals surface area contributed by atoms with E-state index < -0.39 is 20.0 Å². The van der Waals surface area contributed by atoms with E-state index in [0.29, 0.717) is 17.4 Å². The van der Waals surface area contributed by atoms with E-state index in [-0.39, 0.29) is 19.1 Å². The molecule has 0 aliphatic rings. The third-order valence-electron chi connectivity index (χ3n) is 7.77. The van der Waals surface area contributed by atoms with Gasteiger partial charge in [-0.05, 0) is 57.8 Å². The molecule has 0 aromatic carbocycles. The maximum atomic E-state index is 12.7. The molecule has 9 heteroatoms. The lowest BCUT2D eigenvalue weighted by Crippen LogP contribution is -2.45. The second-order valence-electron chi connectivity index (χ2n) is 13.6. The molecule has 0 aromatic heterocycles. The molecule has 47 heavy (non-hydrogen) atoms. The van der Waals surface area contributed by atoms with Crippen LogP contribution in [0.25, 0.3) is 0 Å². The van der Waals surface area contributed by atoms with Crippen molar-refractivity contribution in [2.24, 2.45) is 0 Å². The van der Waals surface area contributed by atoms with Gasteiger partial charge in [-0.25, -0.2) is 4.57 Å². The summed E-state index contributed by atoms with van der Waals surface area (Å²) in [5.74, 6) is -0.203. The molecule has 0 bridgehead atoms.